The number of carbonyl (C=O) groups excluding carboxylic acids is 3. The fourth-order valence-electron chi connectivity index (χ4n) is 1.97. The summed E-state index contributed by atoms with van der Waals surface area (Å²) in [7, 11) is 0. The number of ether oxygens (including phenoxy) is 1. The van der Waals surface area contributed by atoms with Gasteiger partial charge in [0.15, 0.2) is 6.10 Å². The quantitative estimate of drug-likeness (QED) is 0.776. The van der Waals surface area contributed by atoms with Gasteiger partial charge in [0.05, 0.1) is 4.88 Å². The molecule has 132 valence electrons. The van der Waals surface area contributed by atoms with E-state index in [1.165, 1.54) is 18.3 Å². The Labute approximate surface area is 150 Å². The Kier molecular flexibility index (Phi) is 6.30. The van der Waals surface area contributed by atoms with Crippen LogP contribution in [0, 0.1) is 13.8 Å². The van der Waals surface area contributed by atoms with Crippen LogP contribution in [0.25, 0.3) is 0 Å². The van der Waals surface area contributed by atoms with E-state index in [-0.39, 0.29) is 12.5 Å². The normalized spacial score (nSPS) is 11.5. The summed E-state index contributed by atoms with van der Waals surface area (Å²) in [5.74, 6) is -1.45. The third-order valence-electron chi connectivity index (χ3n) is 3.35. The average molecular weight is 360 g/mol. The number of hydrogen-bond donors (Lipinski definition) is 2. The van der Waals surface area contributed by atoms with Crippen molar-refractivity contribution in [1.29, 1.82) is 0 Å². The van der Waals surface area contributed by atoms with Gasteiger partial charge in [-0.25, -0.2) is 0 Å². The van der Waals surface area contributed by atoms with Gasteiger partial charge in [-0.05, 0) is 45.0 Å². The van der Waals surface area contributed by atoms with E-state index in [4.69, 9.17) is 4.74 Å². The summed E-state index contributed by atoms with van der Waals surface area (Å²) in [5.41, 5.74) is 1.70. The van der Waals surface area contributed by atoms with E-state index in [1.54, 1.807) is 18.2 Å². The Morgan fingerprint density at radius 2 is 1.76 bits per heavy atom. The smallest absolute Gasteiger partial charge is 0.326 e. The van der Waals surface area contributed by atoms with Crippen molar-refractivity contribution >= 4 is 34.8 Å². The van der Waals surface area contributed by atoms with Crippen LogP contribution in [0.3, 0.4) is 0 Å². The molecule has 1 heterocycles. The van der Waals surface area contributed by atoms with Crippen LogP contribution in [0.2, 0.25) is 0 Å². The summed E-state index contributed by atoms with van der Waals surface area (Å²) < 4.78 is 5.04. The van der Waals surface area contributed by atoms with Crippen LogP contribution in [0.4, 0.5) is 5.69 Å². The number of nitrogens with one attached hydrogen (secondary N) is 2. The number of amides is 2. The molecule has 1 aromatic carbocycles. The molecule has 0 radical (unpaired) electrons. The van der Waals surface area contributed by atoms with Gasteiger partial charge < -0.3 is 15.4 Å². The summed E-state index contributed by atoms with van der Waals surface area (Å²) in [6.45, 7) is 5.02. The molecule has 1 atom stereocenters. The second-order valence-electron chi connectivity index (χ2n) is 5.58. The first-order valence-corrected chi connectivity index (χ1v) is 8.58. The minimum absolute atomic E-state index is 0.294. The summed E-state index contributed by atoms with van der Waals surface area (Å²) in [6.07, 6.45) is -0.963. The minimum atomic E-state index is -0.963. The Balaban J connectivity index is 1.78. The van der Waals surface area contributed by atoms with Gasteiger partial charge in [0.1, 0.15) is 6.54 Å². The Bertz CT molecular complexity index is 768. The van der Waals surface area contributed by atoms with Crippen molar-refractivity contribution in [2.45, 2.75) is 26.9 Å². The highest BCUT2D eigenvalue weighted by molar-refractivity contribution is 7.13. The fraction of sp³-hybridized carbons (Fsp3) is 0.278. The van der Waals surface area contributed by atoms with Gasteiger partial charge in [0, 0.05) is 10.6 Å². The number of benzene rings is 1. The molecule has 0 bridgehead atoms. The third kappa shape index (κ3) is 5.72. The van der Waals surface area contributed by atoms with Crippen molar-refractivity contribution in [2.24, 2.45) is 0 Å². The minimum Gasteiger partial charge on any atom is -0.451 e. The molecule has 0 fully saturated rings. The van der Waals surface area contributed by atoms with Crippen LogP contribution >= 0.6 is 11.3 Å². The number of esters is 1. The van der Waals surface area contributed by atoms with E-state index in [9.17, 15) is 14.4 Å². The molecule has 0 aliphatic rings. The Hall–Kier alpha value is -2.67. The highest BCUT2D eigenvalue weighted by Crippen LogP contribution is 2.14. The van der Waals surface area contributed by atoms with Gasteiger partial charge in [-0.15, -0.1) is 11.3 Å². The lowest BCUT2D eigenvalue weighted by molar-refractivity contribution is -0.152. The Morgan fingerprint density at radius 3 is 2.36 bits per heavy atom. The Morgan fingerprint density at radius 1 is 1.08 bits per heavy atom. The lowest BCUT2D eigenvalue weighted by Gasteiger charge is -2.14. The number of anilines is 1. The molecular formula is C18H20N2O4S. The fourth-order valence-corrected chi connectivity index (χ4v) is 2.75. The molecule has 0 spiro atoms. The first kappa shape index (κ1) is 18.7. The summed E-state index contributed by atoms with van der Waals surface area (Å²) >= 11 is 1.34. The summed E-state index contributed by atoms with van der Waals surface area (Å²) in [5, 5.41) is 5.14. The van der Waals surface area contributed by atoms with Gasteiger partial charge in [-0.1, -0.05) is 17.7 Å². The molecule has 0 aliphatic heterocycles. The van der Waals surface area contributed by atoms with Gasteiger partial charge in [0.2, 0.25) is 0 Å². The zero-order chi connectivity index (χ0) is 18.4. The largest absolute Gasteiger partial charge is 0.451 e. The van der Waals surface area contributed by atoms with Crippen LogP contribution in [-0.2, 0) is 14.3 Å². The zero-order valence-electron chi connectivity index (χ0n) is 14.3. The van der Waals surface area contributed by atoms with Crippen molar-refractivity contribution in [2.75, 3.05) is 11.9 Å². The van der Waals surface area contributed by atoms with Crippen LogP contribution in [0.5, 0.6) is 0 Å². The van der Waals surface area contributed by atoms with E-state index in [2.05, 4.69) is 10.6 Å². The van der Waals surface area contributed by atoms with Crippen molar-refractivity contribution in [3.63, 3.8) is 0 Å². The molecule has 0 saturated heterocycles. The topological polar surface area (TPSA) is 84.5 Å². The van der Waals surface area contributed by atoms with Crippen molar-refractivity contribution in [3.05, 3.63) is 51.7 Å². The summed E-state index contributed by atoms with van der Waals surface area (Å²) in [4.78, 5) is 37.2. The highest BCUT2D eigenvalue weighted by Gasteiger charge is 2.18. The lowest BCUT2D eigenvalue weighted by atomic mass is 10.2. The number of aryl methyl sites for hydroxylation is 2. The number of thiophene rings is 1. The molecule has 25 heavy (non-hydrogen) atoms. The van der Waals surface area contributed by atoms with E-state index < -0.39 is 18.0 Å². The monoisotopic (exact) mass is 360 g/mol. The van der Waals surface area contributed by atoms with Crippen molar-refractivity contribution in [3.8, 4) is 0 Å². The van der Waals surface area contributed by atoms with Crippen LogP contribution in [0.1, 0.15) is 27.0 Å². The molecule has 0 unspecified atom stereocenters. The zero-order valence-corrected chi connectivity index (χ0v) is 15.1. The number of rotatable bonds is 6. The molecular weight excluding hydrogens is 340 g/mol. The third-order valence-corrected chi connectivity index (χ3v) is 4.35. The maximum atomic E-state index is 12.0. The van der Waals surface area contributed by atoms with Gasteiger partial charge >= 0.3 is 5.97 Å². The second kappa shape index (κ2) is 8.43. The van der Waals surface area contributed by atoms with E-state index in [1.807, 2.05) is 32.0 Å². The molecule has 0 saturated carbocycles. The predicted molar refractivity (Wildman–Crippen MR) is 96.8 cm³/mol. The predicted octanol–water partition coefficient (Wildman–Crippen LogP) is 2.67. The van der Waals surface area contributed by atoms with Crippen LogP contribution in [-0.4, -0.2) is 30.4 Å². The molecule has 1 aromatic heterocycles. The number of carbonyl (C=O) groups is 3. The maximum Gasteiger partial charge on any atom is 0.326 e. The van der Waals surface area contributed by atoms with E-state index in [0.717, 1.165) is 10.4 Å². The molecule has 2 rings (SSSR count). The van der Waals surface area contributed by atoms with Crippen molar-refractivity contribution in [1.82, 2.24) is 5.32 Å². The second-order valence-corrected chi connectivity index (χ2v) is 6.87. The van der Waals surface area contributed by atoms with Gasteiger partial charge in [-0.3, -0.25) is 14.4 Å². The maximum absolute atomic E-state index is 12.0. The number of hydrogen-bond acceptors (Lipinski definition) is 5. The molecule has 0 aliphatic carbocycles. The van der Waals surface area contributed by atoms with E-state index >= 15 is 0 Å². The summed E-state index contributed by atoms with van der Waals surface area (Å²) in [6, 6.07) is 10.8. The van der Waals surface area contributed by atoms with E-state index in [0.29, 0.717) is 10.6 Å². The molecule has 6 nitrogen and oxygen atoms in total. The highest BCUT2D eigenvalue weighted by atomic mass is 32.1. The average Bonchev–Trinajstić information content (AvgIpc) is 3.01. The molecule has 7 heteroatoms. The van der Waals surface area contributed by atoms with Crippen LogP contribution in [0.15, 0.2) is 36.4 Å². The SMILES string of the molecule is Cc1ccc(NC(=O)[C@@H](C)OC(=O)CNC(=O)c2ccc(C)s2)cc1. The van der Waals surface area contributed by atoms with Crippen molar-refractivity contribution < 1.29 is 19.1 Å². The molecule has 2 amide bonds. The first-order chi connectivity index (χ1) is 11.8. The van der Waals surface area contributed by atoms with Gasteiger partial charge in [-0.2, -0.15) is 0 Å². The molecule has 2 aromatic rings. The standard InChI is InChI=1S/C18H20N2O4S/c1-11-4-7-14(8-5-11)20-17(22)13(3)24-16(21)10-19-18(23)15-9-6-12(2)25-15/h4-9,13H,10H2,1-3H3,(H,19,23)(H,20,22)/t13-/m1/s1. The molecule has 2 N–H and O–H groups in total. The van der Waals surface area contributed by atoms with Crippen LogP contribution < -0.4 is 10.6 Å². The lowest BCUT2D eigenvalue weighted by Crippen LogP contribution is -2.35. The van der Waals surface area contributed by atoms with Gasteiger partial charge in [0.25, 0.3) is 11.8 Å². The first-order valence-electron chi connectivity index (χ1n) is 7.77.